The van der Waals surface area contributed by atoms with Crippen molar-refractivity contribution in [1.29, 1.82) is 0 Å². The minimum absolute atomic E-state index is 0.194. The monoisotopic (exact) mass is 234 g/mol. The molecule has 17 heavy (non-hydrogen) atoms. The second-order valence-electron chi connectivity index (χ2n) is 4.68. The van der Waals surface area contributed by atoms with E-state index in [9.17, 15) is 9.90 Å². The van der Waals surface area contributed by atoms with Crippen molar-refractivity contribution in [2.24, 2.45) is 5.73 Å². The predicted molar refractivity (Wildman–Crippen MR) is 65.6 cm³/mol. The van der Waals surface area contributed by atoms with Gasteiger partial charge in [-0.3, -0.25) is 9.69 Å². The highest BCUT2D eigenvalue weighted by atomic mass is 16.3. The number of likely N-dealkylation sites (tertiary alicyclic amines) is 1. The first kappa shape index (κ1) is 12.1. The van der Waals surface area contributed by atoms with Gasteiger partial charge in [0.2, 0.25) is 5.91 Å². The summed E-state index contributed by atoms with van der Waals surface area (Å²) < 4.78 is 0. The zero-order chi connectivity index (χ0) is 12.4. The standard InChI is InChI=1S/C13H18N2O2/c1-9-6-10(13(14)17)2-3-11(9)7-15-5-4-12(16)8-15/h2-3,6,12,16H,4-5,7-8H2,1H3,(H2,14,17)/t12-/m0/s1. The smallest absolute Gasteiger partial charge is 0.248 e. The molecule has 3 N–H and O–H groups in total. The molecule has 0 aliphatic carbocycles. The maximum atomic E-state index is 11.0. The van der Waals surface area contributed by atoms with Crippen LogP contribution in [0.5, 0.6) is 0 Å². The van der Waals surface area contributed by atoms with Gasteiger partial charge in [-0.15, -0.1) is 0 Å². The molecule has 1 amide bonds. The summed E-state index contributed by atoms with van der Waals surface area (Å²) in [6.45, 7) is 4.46. The molecule has 92 valence electrons. The Labute approximate surface area is 101 Å². The van der Waals surface area contributed by atoms with Crippen molar-refractivity contribution in [1.82, 2.24) is 4.90 Å². The Bertz CT molecular complexity index is 431. The van der Waals surface area contributed by atoms with Crippen LogP contribution in [-0.2, 0) is 6.54 Å². The van der Waals surface area contributed by atoms with Gasteiger partial charge in [0, 0.05) is 25.2 Å². The van der Waals surface area contributed by atoms with Gasteiger partial charge in [0.25, 0.3) is 0 Å². The van der Waals surface area contributed by atoms with E-state index in [0.29, 0.717) is 5.56 Å². The first-order valence-corrected chi connectivity index (χ1v) is 5.86. The van der Waals surface area contributed by atoms with E-state index in [0.717, 1.165) is 31.6 Å². The van der Waals surface area contributed by atoms with Crippen molar-refractivity contribution >= 4 is 5.91 Å². The normalized spacial score (nSPS) is 20.7. The number of carbonyl (C=O) groups is 1. The Hall–Kier alpha value is -1.39. The van der Waals surface area contributed by atoms with Crippen LogP contribution in [0.25, 0.3) is 0 Å². The van der Waals surface area contributed by atoms with Crippen LogP contribution in [0.2, 0.25) is 0 Å². The number of β-amino-alcohol motifs (C(OH)–C–C–N with tert-alkyl or cyclic N) is 1. The third-order valence-corrected chi connectivity index (χ3v) is 3.27. The molecule has 4 nitrogen and oxygen atoms in total. The number of hydrogen-bond donors (Lipinski definition) is 2. The van der Waals surface area contributed by atoms with Gasteiger partial charge in [-0.1, -0.05) is 6.07 Å². The molecule has 0 bridgehead atoms. The molecular weight excluding hydrogens is 216 g/mol. The summed E-state index contributed by atoms with van der Waals surface area (Å²) in [4.78, 5) is 13.2. The molecule has 1 aliphatic heterocycles. The first-order chi connectivity index (χ1) is 8.06. The molecule has 1 aliphatic rings. The van der Waals surface area contributed by atoms with E-state index in [4.69, 9.17) is 5.73 Å². The lowest BCUT2D eigenvalue weighted by Gasteiger charge is -2.16. The van der Waals surface area contributed by atoms with Crippen molar-refractivity contribution in [3.8, 4) is 0 Å². The van der Waals surface area contributed by atoms with Crippen LogP contribution in [0.15, 0.2) is 18.2 Å². The lowest BCUT2D eigenvalue weighted by molar-refractivity contribution is 0.1000. The summed E-state index contributed by atoms with van der Waals surface area (Å²) in [6, 6.07) is 5.53. The zero-order valence-electron chi connectivity index (χ0n) is 10.0. The van der Waals surface area contributed by atoms with Gasteiger partial charge < -0.3 is 10.8 Å². The molecule has 1 atom stereocenters. The van der Waals surface area contributed by atoms with Crippen LogP contribution in [0.1, 0.15) is 27.9 Å². The third kappa shape index (κ3) is 2.84. The predicted octanol–water partition coefficient (Wildman–Crippen LogP) is 0.661. The molecule has 0 aromatic heterocycles. The molecule has 1 heterocycles. The van der Waals surface area contributed by atoms with E-state index >= 15 is 0 Å². The van der Waals surface area contributed by atoms with Crippen LogP contribution in [0.3, 0.4) is 0 Å². The fraction of sp³-hybridized carbons (Fsp3) is 0.462. The van der Waals surface area contributed by atoms with E-state index in [-0.39, 0.29) is 6.10 Å². The molecule has 4 heteroatoms. The lowest BCUT2D eigenvalue weighted by Crippen LogP contribution is -2.22. The maximum Gasteiger partial charge on any atom is 0.248 e. The average Bonchev–Trinajstić information content (AvgIpc) is 2.67. The highest BCUT2D eigenvalue weighted by Crippen LogP contribution is 2.17. The first-order valence-electron chi connectivity index (χ1n) is 5.86. The van der Waals surface area contributed by atoms with Gasteiger partial charge in [0.1, 0.15) is 0 Å². The number of benzene rings is 1. The second-order valence-corrected chi connectivity index (χ2v) is 4.68. The number of hydrogen-bond acceptors (Lipinski definition) is 3. The van der Waals surface area contributed by atoms with Gasteiger partial charge in [0.15, 0.2) is 0 Å². The molecule has 1 aromatic carbocycles. The fourth-order valence-corrected chi connectivity index (χ4v) is 2.22. The molecule has 0 unspecified atom stereocenters. The summed E-state index contributed by atoms with van der Waals surface area (Å²) in [7, 11) is 0. The van der Waals surface area contributed by atoms with Crippen LogP contribution in [0, 0.1) is 6.92 Å². The largest absolute Gasteiger partial charge is 0.392 e. The highest BCUT2D eigenvalue weighted by molar-refractivity contribution is 5.93. The topological polar surface area (TPSA) is 66.6 Å². The van der Waals surface area contributed by atoms with Crippen molar-refractivity contribution in [3.05, 3.63) is 34.9 Å². The van der Waals surface area contributed by atoms with Crippen molar-refractivity contribution in [3.63, 3.8) is 0 Å². The number of rotatable bonds is 3. The van der Waals surface area contributed by atoms with Gasteiger partial charge in [-0.05, 0) is 36.6 Å². The molecule has 2 rings (SSSR count). The number of amides is 1. The highest BCUT2D eigenvalue weighted by Gasteiger charge is 2.20. The van der Waals surface area contributed by atoms with Crippen molar-refractivity contribution in [2.45, 2.75) is 26.0 Å². The van der Waals surface area contributed by atoms with Crippen LogP contribution in [0.4, 0.5) is 0 Å². The lowest BCUT2D eigenvalue weighted by atomic mass is 10.0. The SMILES string of the molecule is Cc1cc(C(N)=O)ccc1CN1CC[C@H](O)C1. The Balaban J connectivity index is 2.09. The summed E-state index contributed by atoms with van der Waals surface area (Å²) in [5.41, 5.74) is 8.04. The zero-order valence-corrected chi connectivity index (χ0v) is 10.0. The average molecular weight is 234 g/mol. The number of nitrogens with zero attached hydrogens (tertiary/aromatic N) is 1. The summed E-state index contributed by atoms with van der Waals surface area (Å²) in [5, 5.41) is 9.46. The van der Waals surface area contributed by atoms with Crippen LogP contribution < -0.4 is 5.73 Å². The fourth-order valence-electron chi connectivity index (χ4n) is 2.22. The van der Waals surface area contributed by atoms with Crippen molar-refractivity contribution < 1.29 is 9.90 Å². The number of carbonyl (C=O) groups excluding carboxylic acids is 1. The Kier molecular flexibility index (Phi) is 3.45. The Morgan fingerprint density at radius 3 is 2.88 bits per heavy atom. The van der Waals surface area contributed by atoms with E-state index in [1.54, 1.807) is 6.07 Å². The Morgan fingerprint density at radius 2 is 2.35 bits per heavy atom. The summed E-state index contributed by atoms with van der Waals surface area (Å²) >= 11 is 0. The minimum atomic E-state index is -0.392. The quantitative estimate of drug-likeness (QED) is 0.807. The van der Waals surface area contributed by atoms with E-state index in [1.807, 2.05) is 19.1 Å². The molecule has 1 fully saturated rings. The van der Waals surface area contributed by atoms with Gasteiger partial charge in [-0.25, -0.2) is 0 Å². The number of primary amides is 1. The minimum Gasteiger partial charge on any atom is -0.392 e. The summed E-state index contributed by atoms with van der Waals surface area (Å²) in [5.74, 6) is -0.392. The Morgan fingerprint density at radius 1 is 1.59 bits per heavy atom. The van der Waals surface area contributed by atoms with Crippen LogP contribution >= 0.6 is 0 Å². The van der Waals surface area contributed by atoms with Crippen LogP contribution in [-0.4, -0.2) is 35.1 Å². The second kappa shape index (κ2) is 4.85. The van der Waals surface area contributed by atoms with E-state index in [1.165, 1.54) is 5.56 Å². The number of nitrogens with two attached hydrogens (primary N) is 1. The third-order valence-electron chi connectivity index (χ3n) is 3.27. The van der Waals surface area contributed by atoms with E-state index < -0.39 is 5.91 Å². The molecule has 1 aromatic rings. The van der Waals surface area contributed by atoms with E-state index in [2.05, 4.69) is 4.90 Å². The van der Waals surface area contributed by atoms with Gasteiger partial charge in [-0.2, -0.15) is 0 Å². The van der Waals surface area contributed by atoms with Crippen molar-refractivity contribution in [2.75, 3.05) is 13.1 Å². The number of aliphatic hydroxyl groups is 1. The maximum absolute atomic E-state index is 11.0. The van der Waals surface area contributed by atoms with Gasteiger partial charge in [0.05, 0.1) is 6.10 Å². The number of aryl methyl sites for hydroxylation is 1. The van der Waals surface area contributed by atoms with Gasteiger partial charge >= 0.3 is 0 Å². The summed E-state index contributed by atoms with van der Waals surface area (Å²) in [6.07, 6.45) is 0.651. The molecule has 0 spiro atoms. The molecule has 1 saturated heterocycles. The molecule has 0 saturated carbocycles. The number of aliphatic hydroxyl groups excluding tert-OH is 1. The molecule has 0 radical (unpaired) electrons. The molecular formula is C13H18N2O2.